The normalized spacial score (nSPS) is 11.1. The number of amides is 1. The SMILES string of the molecule is CC/C(=N/NC(=O)c1cccc(F)c1)c1ccc(OC)cc1. The van der Waals surface area contributed by atoms with Crippen molar-refractivity contribution in [2.75, 3.05) is 7.11 Å². The van der Waals surface area contributed by atoms with Crippen molar-refractivity contribution >= 4 is 11.6 Å². The molecule has 0 heterocycles. The molecular weight excluding hydrogens is 283 g/mol. The second kappa shape index (κ2) is 7.36. The molecule has 0 fully saturated rings. The van der Waals surface area contributed by atoms with Crippen molar-refractivity contribution in [2.45, 2.75) is 13.3 Å². The molecule has 2 rings (SSSR count). The molecule has 114 valence electrons. The number of carbonyl (C=O) groups is 1. The van der Waals surface area contributed by atoms with Crippen molar-refractivity contribution in [3.8, 4) is 5.75 Å². The highest BCUT2D eigenvalue weighted by molar-refractivity contribution is 6.02. The van der Waals surface area contributed by atoms with Crippen molar-refractivity contribution in [1.82, 2.24) is 5.43 Å². The van der Waals surface area contributed by atoms with Gasteiger partial charge in [-0.15, -0.1) is 0 Å². The van der Waals surface area contributed by atoms with E-state index in [2.05, 4.69) is 10.5 Å². The molecule has 2 aromatic carbocycles. The van der Waals surface area contributed by atoms with Crippen molar-refractivity contribution in [3.05, 3.63) is 65.5 Å². The minimum atomic E-state index is -0.456. The number of ether oxygens (including phenoxy) is 1. The Labute approximate surface area is 128 Å². The van der Waals surface area contributed by atoms with Crippen molar-refractivity contribution in [2.24, 2.45) is 5.10 Å². The Morgan fingerprint density at radius 2 is 1.91 bits per heavy atom. The molecule has 4 nitrogen and oxygen atoms in total. The molecule has 0 aliphatic carbocycles. The molecule has 0 spiro atoms. The lowest BCUT2D eigenvalue weighted by molar-refractivity contribution is 0.0954. The third-order valence-corrected chi connectivity index (χ3v) is 3.14. The van der Waals surface area contributed by atoms with E-state index in [4.69, 9.17) is 4.74 Å². The second-order valence-electron chi connectivity index (χ2n) is 4.59. The zero-order chi connectivity index (χ0) is 15.9. The fourth-order valence-corrected chi connectivity index (χ4v) is 1.94. The van der Waals surface area contributed by atoms with E-state index in [0.29, 0.717) is 6.42 Å². The average Bonchev–Trinajstić information content (AvgIpc) is 2.55. The fraction of sp³-hybridized carbons (Fsp3) is 0.176. The van der Waals surface area contributed by atoms with Gasteiger partial charge < -0.3 is 4.74 Å². The molecule has 1 amide bonds. The van der Waals surface area contributed by atoms with Gasteiger partial charge in [0.25, 0.3) is 5.91 Å². The summed E-state index contributed by atoms with van der Waals surface area (Å²) in [6.45, 7) is 1.94. The molecule has 0 saturated heterocycles. The summed E-state index contributed by atoms with van der Waals surface area (Å²) in [5, 5.41) is 4.13. The van der Waals surface area contributed by atoms with Crippen LogP contribution in [0.5, 0.6) is 5.75 Å². The maximum absolute atomic E-state index is 13.1. The number of hydrogen-bond acceptors (Lipinski definition) is 3. The average molecular weight is 300 g/mol. The van der Waals surface area contributed by atoms with Crippen LogP contribution in [0, 0.1) is 5.82 Å². The summed E-state index contributed by atoms with van der Waals surface area (Å²) >= 11 is 0. The second-order valence-corrected chi connectivity index (χ2v) is 4.59. The first-order chi connectivity index (χ1) is 10.6. The van der Waals surface area contributed by atoms with Crippen LogP contribution in [0.4, 0.5) is 4.39 Å². The number of rotatable bonds is 5. The van der Waals surface area contributed by atoms with E-state index >= 15 is 0 Å². The monoisotopic (exact) mass is 300 g/mol. The zero-order valence-electron chi connectivity index (χ0n) is 12.5. The number of hydrogen-bond donors (Lipinski definition) is 1. The predicted octanol–water partition coefficient (Wildman–Crippen LogP) is 3.38. The molecule has 22 heavy (non-hydrogen) atoms. The molecule has 0 unspecified atom stereocenters. The Morgan fingerprint density at radius 1 is 1.18 bits per heavy atom. The Kier molecular flexibility index (Phi) is 5.25. The van der Waals surface area contributed by atoms with Crippen LogP contribution < -0.4 is 10.2 Å². The molecular formula is C17H17FN2O2. The van der Waals surface area contributed by atoms with Crippen LogP contribution >= 0.6 is 0 Å². The number of benzene rings is 2. The Hall–Kier alpha value is -2.69. The third-order valence-electron chi connectivity index (χ3n) is 3.14. The fourth-order valence-electron chi connectivity index (χ4n) is 1.94. The van der Waals surface area contributed by atoms with Crippen LogP contribution in [0.1, 0.15) is 29.3 Å². The van der Waals surface area contributed by atoms with Gasteiger partial charge in [0.1, 0.15) is 11.6 Å². The quantitative estimate of drug-likeness (QED) is 0.680. The first-order valence-corrected chi connectivity index (χ1v) is 6.91. The summed E-state index contributed by atoms with van der Waals surface area (Å²) < 4.78 is 18.2. The predicted molar refractivity (Wildman–Crippen MR) is 83.7 cm³/mol. The van der Waals surface area contributed by atoms with Gasteiger partial charge in [0.15, 0.2) is 0 Å². The molecule has 0 atom stereocenters. The van der Waals surface area contributed by atoms with Crippen molar-refractivity contribution < 1.29 is 13.9 Å². The highest BCUT2D eigenvalue weighted by Crippen LogP contribution is 2.13. The van der Waals surface area contributed by atoms with Gasteiger partial charge >= 0.3 is 0 Å². The maximum atomic E-state index is 13.1. The molecule has 0 saturated carbocycles. The number of methoxy groups -OCH3 is 1. The van der Waals surface area contributed by atoms with Gasteiger partial charge in [0, 0.05) is 5.56 Å². The Bertz CT molecular complexity index is 681. The molecule has 0 bridgehead atoms. The number of nitrogens with zero attached hydrogens (tertiary/aromatic N) is 1. The Balaban J connectivity index is 2.13. The smallest absolute Gasteiger partial charge is 0.271 e. The van der Waals surface area contributed by atoms with E-state index in [-0.39, 0.29) is 5.56 Å². The highest BCUT2D eigenvalue weighted by Gasteiger charge is 2.07. The number of hydrazone groups is 1. The molecule has 1 N–H and O–H groups in total. The zero-order valence-corrected chi connectivity index (χ0v) is 12.5. The molecule has 0 radical (unpaired) electrons. The topological polar surface area (TPSA) is 50.7 Å². The number of nitrogens with one attached hydrogen (secondary N) is 1. The first-order valence-electron chi connectivity index (χ1n) is 6.91. The lowest BCUT2D eigenvalue weighted by atomic mass is 10.1. The molecule has 5 heteroatoms. The van der Waals surface area contributed by atoms with Crippen LogP contribution in [0.3, 0.4) is 0 Å². The standard InChI is InChI=1S/C17H17FN2O2/c1-3-16(12-7-9-15(22-2)10-8-12)19-20-17(21)13-5-4-6-14(18)11-13/h4-11H,3H2,1-2H3,(H,20,21)/b19-16-. The van der Waals surface area contributed by atoms with Gasteiger partial charge in [-0.1, -0.05) is 13.0 Å². The van der Waals surface area contributed by atoms with Gasteiger partial charge in [-0.2, -0.15) is 5.10 Å². The van der Waals surface area contributed by atoms with Gasteiger partial charge in [0.05, 0.1) is 12.8 Å². The van der Waals surface area contributed by atoms with Crippen LogP contribution in [0.2, 0.25) is 0 Å². The van der Waals surface area contributed by atoms with Crippen LogP contribution in [-0.4, -0.2) is 18.7 Å². The Morgan fingerprint density at radius 3 is 2.50 bits per heavy atom. The van der Waals surface area contributed by atoms with E-state index in [1.165, 1.54) is 24.3 Å². The summed E-state index contributed by atoms with van der Waals surface area (Å²) in [5.41, 5.74) is 4.31. The van der Waals surface area contributed by atoms with Gasteiger partial charge in [-0.05, 0) is 54.4 Å². The summed E-state index contributed by atoms with van der Waals surface area (Å²) in [5.74, 6) is -0.149. The van der Waals surface area contributed by atoms with Crippen LogP contribution in [-0.2, 0) is 0 Å². The molecule has 0 aliphatic heterocycles. The van der Waals surface area contributed by atoms with E-state index in [1.54, 1.807) is 7.11 Å². The lowest BCUT2D eigenvalue weighted by Crippen LogP contribution is -2.20. The molecule has 2 aromatic rings. The summed E-state index contributed by atoms with van der Waals surface area (Å²) in [7, 11) is 1.60. The lowest BCUT2D eigenvalue weighted by Gasteiger charge is -2.06. The first kappa shape index (κ1) is 15.7. The minimum absolute atomic E-state index is 0.230. The van der Waals surface area contributed by atoms with Crippen LogP contribution in [0.25, 0.3) is 0 Å². The minimum Gasteiger partial charge on any atom is -0.497 e. The number of halogens is 1. The van der Waals surface area contributed by atoms with E-state index in [0.717, 1.165) is 17.0 Å². The third kappa shape index (κ3) is 3.91. The van der Waals surface area contributed by atoms with E-state index in [1.807, 2.05) is 31.2 Å². The van der Waals surface area contributed by atoms with Crippen molar-refractivity contribution in [1.29, 1.82) is 0 Å². The van der Waals surface area contributed by atoms with E-state index in [9.17, 15) is 9.18 Å². The maximum Gasteiger partial charge on any atom is 0.271 e. The van der Waals surface area contributed by atoms with Crippen LogP contribution in [0.15, 0.2) is 53.6 Å². The van der Waals surface area contributed by atoms with Gasteiger partial charge in [-0.25, -0.2) is 9.82 Å². The molecule has 0 aliphatic rings. The van der Waals surface area contributed by atoms with Gasteiger partial charge in [0.2, 0.25) is 0 Å². The van der Waals surface area contributed by atoms with Gasteiger partial charge in [-0.3, -0.25) is 4.79 Å². The summed E-state index contributed by atoms with van der Waals surface area (Å²) in [6.07, 6.45) is 0.649. The molecule has 0 aromatic heterocycles. The summed E-state index contributed by atoms with van der Waals surface area (Å²) in [6, 6.07) is 12.9. The van der Waals surface area contributed by atoms with E-state index < -0.39 is 11.7 Å². The van der Waals surface area contributed by atoms with Crippen molar-refractivity contribution in [3.63, 3.8) is 0 Å². The largest absolute Gasteiger partial charge is 0.497 e. The summed E-state index contributed by atoms with van der Waals surface area (Å²) in [4.78, 5) is 11.9. The highest BCUT2D eigenvalue weighted by atomic mass is 19.1. The number of carbonyl (C=O) groups excluding carboxylic acids is 1.